The van der Waals surface area contributed by atoms with Crippen LogP contribution in [0.2, 0.25) is 0 Å². The fraction of sp³-hybridized carbons (Fsp3) is 0.238. The first kappa shape index (κ1) is 18.6. The minimum atomic E-state index is -0.998. The van der Waals surface area contributed by atoms with Crippen LogP contribution in [0, 0.1) is 12.7 Å². The molecule has 5 nitrogen and oxygen atoms in total. The molecule has 0 amide bonds. The highest BCUT2D eigenvalue weighted by atomic mass is 19.1. The predicted molar refractivity (Wildman–Crippen MR) is 104 cm³/mol. The lowest BCUT2D eigenvalue weighted by atomic mass is 9.89. The zero-order valence-electron chi connectivity index (χ0n) is 15.4. The van der Waals surface area contributed by atoms with Crippen LogP contribution in [0.4, 0.5) is 10.2 Å². The van der Waals surface area contributed by atoms with E-state index >= 15 is 0 Å². The number of nitrogens with zero attached hydrogens (tertiary/aromatic N) is 1. The van der Waals surface area contributed by atoms with Crippen molar-refractivity contribution in [1.82, 2.24) is 4.98 Å². The number of anilines is 1. The summed E-state index contributed by atoms with van der Waals surface area (Å²) >= 11 is 0. The molecule has 0 fully saturated rings. The number of aryl methyl sites for hydroxylation is 1. The molecule has 0 aliphatic rings. The van der Waals surface area contributed by atoms with Crippen molar-refractivity contribution in [1.29, 1.82) is 0 Å². The number of aliphatic carboxylic acids is 1. The Morgan fingerprint density at radius 3 is 2.59 bits per heavy atom. The number of benzene rings is 2. The number of carbonyl (C=O) groups is 1. The second-order valence-electron chi connectivity index (χ2n) is 6.82. The largest absolute Gasteiger partial charge is 0.508 e. The van der Waals surface area contributed by atoms with Crippen LogP contribution in [0.1, 0.15) is 30.9 Å². The number of phenols is 1. The Kier molecular flexibility index (Phi) is 4.99. The van der Waals surface area contributed by atoms with E-state index in [9.17, 15) is 14.3 Å². The number of aromatic nitrogens is 1. The molecule has 0 radical (unpaired) electrons. The van der Waals surface area contributed by atoms with Gasteiger partial charge in [-0.2, -0.15) is 0 Å². The van der Waals surface area contributed by atoms with Crippen LogP contribution in [-0.4, -0.2) is 27.7 Å². The minimum absolute atomic E-state index is 0.0346. The summed E-state index contributed by atoms with van der Waals surface area (Å²) in [6, 6.07) is 9.79. The molecule has 6 heteroatoms. The van der Waals surface area contributed by atoms with Gasteiger partial charge in [0.15, 0.2) is 0 Å². The molecule has 0 saturated carbocycles. The molecule has 1 heterocycles. The van der Waals surface area contributed by atoms with Crippen LogP contribution in [0.15, 0.2) is 36.4 Å². The van der Waals surface area contributed by atoms with Crippen molar-refractivity contribution in [3.8, 4) is 16.9 Å². The van der Waals surface area contributed by atoms with Crippen LogP contribution in [0.25, 0.3) is 22.0 Å². The van der Waals surface area contributed by atoms with Crippen molar-refractivity contribution in [2.24, 2.45) is 0 Å². The molecule has 140 valence electrons. The fourth-order valence-corrected chi connectivity index (χ4v) is 3.24. The molecule has 2 aromatic carbocycles. The molecular weight excluding hydrogens is 347 g/mol. The molecule has 0 spiro atoms. The number of nitrogens with one attached hydrogen (secondary N) is 1. The summed E-state index contributed by atoms with van der Waals surface area (Å²) in [5, 5.41) is 22.6. The van der Waals surface area contributed by atoms with Crippen molar-refractivity contribution >= 4 is 22.7 Å². The van der Waals surface area contributed by atoms with E-state index in [0.717, 1.165) is 22.1 Å². The van der Waals surface area contributed by atoms with Gasteiger partial charge in [-0.15, -0.1) is 0 Å². The number of fused-ring (bicyclic) bond motifs is 1. The maximum atomic E-state index is 13.8. The summed E-state index contributed by atoms with van der Waals surface area (Å²) in [6.45, 7) is 5.41. The van der Waals surface area contributed by atoms with Crippen molar-refractivity contribution in [2.75, 3.05) is 11.9 Å². The highest BCUT2D eigenvalue weighted by Crippen LogP contribution is 2.40. The average molecular weight is 368 g/mol. The van der Waals surface area contributed by atoms with Crippen molar-refractivity contribution in [3.05, 3.63) is 53.3 Å². The number of hydrogen-bond acceptors (Lipinski definition) is 4. The first-order valence-corrected chi connectivity index (χ1v) is 8.66. The number of pyridine rings is 1. The van der Waals surface area contributed by atoms with Crippen LogP contribution in [0.3, 0.4) is 0 Å². The van der Waals surface area contributed by atoms with E-state index in [1.807, 2.05) is 13.8 Å². The first-order valence-electron chi connectivity index (χ1n) is 8.66. The van der Waals surface area contributed by atoms with Gasteiger partial charge in [-0.05, 0) is 53.8 Å². The van der Waals surface area contributed by atoms with Crippen molar-refractivity contribution in [2.45, 2.75) is 26.7 Å². The Morgan fingerprint density at radius 1 is 1.22 bits per heavy atom. The van der Waals surface area contributed by atoms with Crippen molar-refractivity contribution in [3.63, 3.8) is 0 Å². The highest BCUT2D eigenvalue weighted by molar-refractivity contribution is 5.99. The van der Waals surface area contributed by atoms with Crippen LogP contribution in [-0.2, 0) is 4.79 Å². The summed E-state index contributed by atoms with van der Waals surface area (Å²) < 4.78 is 13.8. The molecule has 3 N–H and O–H groups in total. The van der Waals surface area contributed by atoms with Gasteiger partial charge in [0.25, 0.3) is 0 Å². The molecule has 0 aliphatic heterocycles. The van der Waals surface area contributed by atoms with E-state index in [2.05, 4.69) is 10.3 Å². The second kappa shape index (κ2) is 7.23. The standard InChI is InChI=1S/C21H21FN2O3/c1-11(2)19-20(13-4-7-16(22)12(3)8-13)15-6-5-14(25)9-17(15)24-21(19)23-10-18(26)27/h4-9,11,25H,10H2,1-3H3,(H,23,24)(H,26,27). The van der Waals surface area contributed by atoms with Crippen LogP contribution < -0.4 is 5.32 Å². The SMILES string of the molecule is Cc1cc(-c2c(C(C)C)c(NCC(=O)O)nc3cc(O)ccc23)ccc1F. The van der Waals surface area contributed by atoms with E-state index in [-0.39, 0.29) is 24.0 Å². The summed E-state index contributed by atoms with van der Waals surface area (Å²) in [6.07, 6.45) is 0. The second-order valence-corrected chi connectivity index (χ2v) is 6.82. The monoisotopic (exact) mass is 368 g/mol. The molecular formula is C21H21FN2O3. The maximum absolute atomic E-state index is 13.8. The van der Waals surface area contributed by atoms with Gasteiger partial charge in [-0.1, -0.05) is 19.9 Å². The van der Waals surface area contributed by atoms with Gasteiger partial charge in [0, 0.05) is 17.0 Å². The normalized spacial score (nSPS) is 11.1. The zero-order chi connectivity index (χ0) is 19.7. The van der Waals surface area contributed by atoms with E-state index < -0.39 is 5.97 Å². The van der Waals surface area contributed by atoms with E-state index in [1.54, 1.807) is 31.2 Å². The number of carboxylic acids is 1. The van der Waals surface area contributed by atoms with Crippen LogP contribution >= 0.6 is 0 Å². The number of carboxylic acid groups (broad SMARTS) is 1. The Bertz CT molecular complexity index is 1030. The molecule has 0 atom stereocenters. The molecule has 3 rings (SSSR count). The summed E-state index contributed by atoms with van der Waals surface area (Å²) in [5.74, 6) is -0.737. The van der Waals surface area contributed by atoms with E-state index in [0.29, 0.717) is 16.9 Å². The lowest BCUT2D eigenvalue weighted by Crippen LogP contribution is -2.15. The Balaban J connectivity index is 2.37. The summed E-state index contributed by atoms with van der Waals surface area (Å²) in [5.41, 5.74) is 3.57. The van der Waals surface area contributed by atoms with Gasteiger partial charge in [0.05, 0.1) is 5.52 Å². The third-order valence-corrected chi connectivity index (χ3v) is 4.44. The molecule has 0 bridgehead atoms. The number of aromatic hydroxyl groups is 1. The lowest BCUT2D eigenvalue weighted by molar-refractivity contribution is -0.134. The predicted octanol–water partition coefficient (Wildman–Crippen LogP) is 4.67. The van der Waals surface area contributed by atoms with Gasteiger partial charge < -0.3 is 15.5 Å². The number of hydrogen-bond donors (Lipinski definition) is 3. The Labute approximate surface area is 156 Å². The molecule has 27 heavy (non-hydrogen) atoms. The van der Waals surface area contributed by atoms with Gasteiger partial charge >= 0.3 is 5.97 Å². The Morgan fingerprint density at radius 2 is 1.96 bits per heavy atom. The number of phenolic OH excluding ortho intramolecular Hbond substituents is 1. The first-order chi connectivity index (χ1) is 12.8. The third-order valence-electron chi connectivity index (χ3n) is 4.44. The summed E-state index contributed by atoms with van der Waals surface area (Å²) in [4.78, 5) is 15.6. The molecule has 1 aromatic heterocycles. The Hall–Kier alpha value is -3.15. The quantitative estimate of drug-likeness (QED) is 0.609. The lowest BCUT2D eigenvalue weighted by Gasteiger charge is -2.21. The van der Waals surface area contributed by atoms with Gasteiger partial charge in [-0.3, -0.25) is 4.79 Å². The minimum Gasteiger partial charge on any atom is -0.508 e. The molecule has 3 aromatic rings. The number of rotatable bonds is 5. The maximum Gasteiger partial charge on any atom is 0.322 e. The van der Waals surface area contributed by atoms with E-state index in [1.165, 1.54) is 12.1 Å². The fourth-order valence-electron chi connectivity index (χ4n) is 3.24. The topological polar surface area (TPSA) is 82.5 Å². The zero-order valence-corrected chi connectivity index (χ0v) is 15.4. The van der Waals surface area contributed by atoms with Gasteiger partial charge in [0.2, 0.25) is 0 Å². The van der Waals surface area contributed by atoms with Gasteiger partial charge in [0.1, 0.15) is 23.9 Å². The number of halogens is 1. The molecule has 0 unspecified atom stereocenters. The van der Waals surface area contributed by atoms with Gasteiger partial charge in [-0.25, -0.2) is 9.37 Å². The summed E-state index contributed by atoms with van der Waals surface area (Å²) in [7, 11) is 0. The van der Waals surface area contributed by atoms with E-state index in [4.69, 9.17) is 5.11 Å². The molecule has 0 aliphatic carbocycles. The third kappa shape index (κ3) is 3.69. The smallest absolute Gasteiger partial charge is 0.322 e. The molecule has 0 saturated heterocycles. The highest BCUT2D eigenvalue weighted by Gasteiger charge is 2.20. The average Bonchev–Trinajstić information content (AvgIpc) is 2.60. The van der Waals surface area contributed by atoms with Crippen LogP contribution in [0.5, 0.6) is 5.75 Å². The van der Waals surface area contributed by atoms with Crippen molar-refractivity contribution < 1.29 is 19.4 Å².